The van der Waals surface area contributed by atoms with Gasteiger partial charge in [-0.1, -0.05) is 6.92 Å². The van der Waals surface area contributed by atoms with Crippen molar-refractivity contribution in [1.29, 1.82) is 0 Å². The number of carbonyl (C=O) groups is 1. The number of nitrogens with one attached hydrogen (secondary N) is 1. The third kappa shape index (κ3) is 3.59. The topological polar surface area (TPSA) is 80.9 Å². The first-order chi connectivity index (χ1) is 9.20. The minimum atomic E-state index is -0.111. The Morgan fingerprint density at radius 3 is 3.00 bits per heavy atom. The first kappa shape index (κ1) is 13.6. The second-order valence-electron chi connectivity index (χ2n) is 4.22. The highest BCUT2D eigenvalue weighted by molar-refractivity contribution is 7.09. The van der Waals surface area contributed by atoms with Gasteiger partial charge in [-0.05, 0) is 12.1 Å². The lowest BCUT2D eigenvalue weighted by molar-refractivity contribution is 0.0951. The summed E-state index contributed by atoms with van der Waals surface area (Å²) >= 11 is 1.60. The van der Waals surface area contributed by atoms with Crippen LogP contribution in [0.3, 0.4) is 0 Å². The van der Waals surface area contributed by atoms with E-state index in [1.165, 1.54) is 0 Å². The van der Waals surface area contributed by atoms with Crippen molar-refractivity contribution in [1.82, 2.24) is 15.3 Å². The van der Waals surface area contributed by atoms with Crippen LogP contribution in [0.1, 0.15) is 33.9 Å². The number of amides is 1. The van der Waals surface area contributed by atoms with Crippen molar-refractivity contribution in [3.63, 3.8) is 0 Å². The number of thiazole rings is 1. The molecule has 6 heteroatoms. The molecule has 0 aromatic carbocycles. The first-order valence-corrected chi connectivity index (χ1v) is 6.91. The fourth-order valence-corrected chi connectivity index (χ4v) is 2.34. The van der Waals surface area contributed by atoms with Crippen molar-refractivity contribution in [2.24, 2.45) is 5.73 Å². The Labute approximate surface area is 115 Å². The second kappa shape index (κ2) is 6.40. The fourth-order valence-electron chi connectivity index (χ4n) is 1.64. The van der Waals surface area contributed by atoms with Gasteiger partial charge in [-0.25, -0.2) is 4.98 Å². The molecule has 0 saturated carbocycles. The first-order valence-electron chi connectivity index (χ1n) is 6.03. The summed E-state index contributed by atoms with van der Waals surface area (Å²) in [5.74, 6) is 0.0975. The molecule has 2 aromatic rings. The average molecular weight is 276 g/mol. The van der Waals surface area contributed by atoms with Crippen molar-refractivity contribution in [2.75, 3.05) is 6.54 Å². The molecule has 0 aliphatic heterocycles. The molecule has 2 rings (SSSR count). The van der Waals surface area contributed by atoms with E-state index in [0.717, 1.165) is 5.01 Å². The number of hydrogen-bond acceptors (Lipinski definition) is 5. The lowest BCUT2D eigenvalue weighted by Gasteiger charge is -2.10. The Hall–Kier alpha value is -1.79. The maximum atomic E-state index is 12.0. The van der Waals surface area contributed by atoms with Crippen LogP contribution in [0.15, 0.2) is 29.9 Å². The summed E-state index contributed by atoms with van der Waals surface area (Å²) in [7, 11) is 0. The quantitative estimate of drug-likeness (QED) is 0.867. The summed E-state index contributed by atoms with van der Waals surface area (Å²) in [5, 5.41) is 5.86. The van der Waals surface area contributed by atoms with Crippen molar-refractivity contribution in [3.8, 4) is 0 Å². The Morgan fingerprint density at radius 2 is 2.32 bits per heavy atom. The van der Waals surface area contributed by atoms with E-state index in [0.29, 0.717) is 24.3 Å². The van der Waals surface area contributed by atoms with Crippen molar-refractivity contribution in [3.05, 3.63) is 46.2 Å². The lowest BCUT2D eigenvalue weighted by Crippen LogP contribution is -2.27. The molecular formula is C13H16N4OS. The summed E-state index contributed by atoms with van der Waals surface area (Å²) in [6, 6.07) is 3.39. The van der Waals surface area contributed by atoms with Gasteiger partial charge in [0, 0.05) is 42.3 Å². The van der Waals surface area contributed by atoms with Crippen LogP contribution in [0.4, 0.5) is 0 Å². The van der Waals surface area contributed by atoms with Crippen LogP contribution in [0, 0.1) is 0 Å². The molecule has 2 heterocycles. The molecule has 0 fully saturated rings. The molecule has 0 aliphatic rings. The Bertz CT molecular complexity index is 541. The maximum Gasteiger partial charge on any atom is 0.251 e. The van der Waals surface area contributed by atoms with Gasteiger partial charge in [0.25, 0.3) is 5.91 Å². The second-order valence-corrected chi connectivity index (χ2v) is 5.15. The van der Waals surface area contributed by atoms with Gasteiger partial charge >= 0.3 is 0 Å². The minimum Gasteiger partial charge on any atom is -0.351 e. The molecule has 0 spiro atoms. The van der Waals surface area contributed by atoms with E-state index in [2.05, 4.69) is 15.3 Å². The molecule has 1 amide bonds. The Balaban J connectivity index is 1.94. The summed E-state index contributed by atoms with van der Waals surface area (Å²) in [4.78, 5) is 20.3. The van der Waals surface area contributed by atoms with E-state index < -0.39 is 0 Å². The minimum absolute atomic E-state index is 0.111. The van der Waals surface area contributed by atoms with Gasteiger partial charge in [0.15, 0.2) is 0 Å². The van der Waals surface area contributed by atoms with Gasteiger partial charge in [-0.15, -0.1) is 11.3 Å². The van der Waals surface area contributed by atoms with E-state index in [1.807, 2.05) is 12.3 Å². The molecule has 100 valence electrons. The fraction of sp³-hybridized carbons (Fsp3) is 0.308. The molecule has 0 saturated heterocycles. The van der Waals surface area contributed by atoms with Gasteiger partial charge in [-0.3, -0.25) is 9.78 Å². The smallest absolute Gasteiger partial charge is 0.251 e. The predicted molar refractivity (Wildman–Crippen MR) is 75.0 cm³/mol. The van der Waals surface area contributed by atoms with Gasteiger partial charge in [0.05, 0.1) is 10.7 Å². The molecule has 2 aromatic heterocycles. The molecule has 3 N–H and O–H groups in total. The van der Waals surface area contributed by atoms with E-state index in [9.17, 15) is 4.79 Å². The summed E-state index contributed by atoms with van der Waals surface area (Å²) in [6.45, 7) is 2.93. The molecule has 0 aliphatic carbocycles. The highest BCUT2D eigenvalue weighted by atomic mass is 32.1. The molecule has 0 radical (unpaired) electrons. The van der Waals surface area contributed by atoms with Crippen molar-refractivity contribution >= 4 is 17.2 Å². The highest BCUT2D eigenvalue weighted by Crippen LogP contribution is 2.16. The number of nitrogens with zero attached hydrogens (tertiary/aromatic N) is 2. The summed E-state index contributed by atoms with van der Waals surface area (Å²) in [6.07, 6.45) is 3.37. The Morgan fingerprint density at radius 1 is 1.47 bits per heavy atom. The lowest BCUT2D eigenvalue weighted by atomic mass is 10.1. The van der Waals surface area contributed by atoms with Crippen LogP contribution in [0.5, 0.6) is 0 Å². The molecule has 1 atom stereocenters. The van der Waals surface area contributed by atoms with E-state index in [4.69, 9.17) is 5.73 Å². The largest absolute Gasteiger partial charge is 0.351 e. The zero-order valence-electron chi connectivity index (χ0n) is 10.7. The predicted octanol–water partition coefficient (Wildman–Crippen LogP) is 1.53. The van der Waals surface area contributed by atoms with Crippen LogP contribution >= 0.6 is 11.3 Å². The molecular weight excluding hydrogens is 260 g/mol. The summed E-state index contributed by atoms with van der Waals surface area (Å²) < 4.78 is 0. The summed E-state index contributed by atoms with van der Waals surface area (Å²) in [5.41, 5.74) is 6.80. The maximum absolute atomic E-state index is 12.0. The van der Waals surface area contributed by atoms with Crippen LogP contribution in [0.25, 0.3) is 0 Å². The number of rotatable bonds is 5. The van der Waals surface area contributed by atoms with Crippen LogP contribution in [-0.2, 0) is 6.54 Å². The zero-order valence-corrected chi connectivity index (χ0v) is 11.5. The number of pyridine rings is 1. The standard InChI is InChI=1S/C13H16N4OS/c1-9(13-16-4-5-19-13)8-17-12(18)10-2-3-15-11(6-10)7-14/h2-6,9H,7-8,14H2,1H3,(H,17,18). The SMILES string of the molecule is CC(CNC(=O)c1ccnc(CN)c1)c1nccs1. The molecule has 0 bridgehead atoms. The third-order valence-electron chi connectivity index (χ3n) is 2.73. The number of nitrogens with two attached hydrogens (primary N) is 1. The van der Waals surface area contributed by atoms with Crippen LogP contribution < -0.4 is 11.1 Å². The number of carbonyl (C=O) groups excluding carboxylic acids is 1. The van der Waals surface area contributed by atoms with Gasteiger partial charge in [0.1, 0.15) is 0 Å². The van der Waals surface area contributed by atoms with E-state index in [-0.39, 0.29) is 11.8 Å². The number of aromatic nitrogens is 2. The van der Waals surface area contributed by atoms with E-state index >= 15 is 0 Å². The average Bonchev–Trinajstić information content (AvgIpc) is 2.98. The normalized spacial score (nSPS) is 12.1. The zero-order chi connectivity index (χ0) is 13.7. The van der Waals surface area contributed by atoms with Gasteiger partial charge in [-0.2, -0.15) is 0 Å². The van der Waals surface area contributed by atoms with Crippen molar-refractivity contribution in [2.45, 2.75) is 19.4 Å². The van der Waals surface area contributed by atoms with Gasteiger partial charge < -0.3 is 11.1 Å². The monoisotopic (exact) mass is 276 g/mol. The number of hydrogen-bond donors (Lipinski definition) is 2. The highest BCUT2D eigenvalue weighted by Gasteiger charge is 2.11. The Kier molecular flexibility index (Phi) is 4.59. The molecule has 19 heavy (non-hydrogen) atoms. The molecule has 1 unspecified atom stereocenters. The third-order valence-corrected chi connectivity index (χ3v) is 3.74. The molecule has 5 nitrogen and oxygen atoms in total. The van der Waals surface area contributed by atoms with Crippen LogP contribution in [0.2, 0.25) is 0 Å². The van der Waals surface area contributed by atoms with Crippen LogP contribution in [-0.4, -0.2) is 22.4 Å². The van der Waals surface area contributed by atoms with Crippen molar-refractivity contribution < 1.29 is 4.79 Å². The van der Waals surface area contributed by atoms with E-state index in [1.54, 1.807) is 35.9 Å². The van der Waals surface area contributed by atoms with Gasteiger partial charge in [0.2, 0.25) is 0 Å².